The molecule has 0 N–H and O–H groups in total. The maximum atomic E-state index is 2.50. The van der Waals surface area contributed by atoms with E-state index in [4.69, 9.17) is 0 Å². The zero-order valence-corrected chi connectivity index (χ0v) is 71.9. The molecule has 4 aliphatic carbocycles. The van der Waals surface area contributed by atoms with Gasteiger partial charge in [-0.05, 0) is 353 Å². The lowest BCUT2D eigenvalue weighted by Gasteiger charge is -2.33. The Balaban J connectivity index is 0.629. The van der Waals surface area contributed by atoms with E-state index in [9.17, 15) is 0 Å². The fourth-order valence-electron chi connectivity index (χ4n) is 22.7. The molecule has 0 aliphatic heterocycles. The number of anilines is 12. The van der Waals surface area contributed by atoms with Gasteiger partial charge >= 0.3 is 0 Å². The monoisotopic (exact) mass is 1610 g/mol. The maximum absolute atomic E-state index is 2.50. The Kier molecular flexibility index (Phi) is 16.9. The lowest BCUT2D eigenvalue weighted by Crippen LogP contribution is -2.26. The summed E-state index contributed by atoms with van der Waals surface area (Å²) >= 11 is 0. The van der Waals surface area contributed by atoms with Crippen LogP contribution in [0.1, 0.15) is 89.0 Å². The molecule has 126 heavy (non-hydrogen) atoms. The predicted octanol–water partition coefficient (Wildman–Crippen LogP) is 33.0. The summed E-state index contributed by atoms with van der Waals surface area (Å²) in [7, 11) is 0. The fraction of sp³-hybridized carbons (Fsp3) is 0.0820. The molecule has 0 heterocycles. The number of hydrogen-bond acceptors (Lipinski definition) is 4. The van der Waals surface area contributed by atoms with Crippen LogP contribution < -0.4 is 19.6 Å². The van der Waals surface area contributed by atoms with Crippen LogP contribution in [0.15, 0.2) is 400 Å². The first kappa shape index (κ1) is 74.5. The summed E-state index contributed by atoms with van der Waals surface area (Å²) in [6, 6.07) is 153. The van der Waals surface area contributed by atoms with E-state index in [-0.39, 0.29) is 0 Å². The quantitative estimate of drug-likeness (QED) is 0.114. The van der Waals surface area contributed by atoms with Gasteiger partial charge in [0.05, 0.1) is 10.8 Å². The van der Waals surface area contributed by atoms with Gasteiger partial charge in [-0.2, -0.15) is 0 Å². The second kappa shape index (κ2) is 28.6. The van der Waals surface area contributed by atoms with Gasteiger partial charge in [-0.25, -0.2) is 0 Å². The van der Waals surface area contributed by atoms with Crippen LogP contribution in [0.25, 0.3) is 98.7 Å². The van der Waals surface area contributed by atoms with Crippen molar-refractivity contribution in [1.29, 1.82) is 0 Å². The largest absolute Gasteiger partial charge is 0.310 e. The van der Waals surface area contributed by atoms with Gasteiger partial charge in [0.15, 0.2) is 0 Å². The Morgan fingerprint density at radius 2 is 0.437 bits per heavy atom. The van der Waals surface area contributed by atoms with Crippen molar-refractivity contribution in [3.8, 4) is 55.6 Å². The molecule has 4 aliphatic rings. The minimum absolute atomic E-state index is 0.629. The number of rotatable bonds is 13. The molecule has 0 radical (unpaired) electrons. The van der Waals surface area contributed by atoms with Crippen LogP contribution in [-0.2, 0) is 10.8 Å². The molecular formula is C122H90N4. The van der Waals surface area contributed by atoms with Crippen molar-refractivity contribution in [2.24, 2.45) is 0 Å². The summed E-state index contributed by atoms with van der Waals surface area (Å²) in [6.45, 7) is 17.8. The van der Waals surface area contributed by atoms with Crippen molar-refractivity contribution in [3.05, 3.63) is 489 Å². The third-order valence-electron chi connectivity index (χ3n) is 28.0. The average molecular weight is 1610 g/mol. The van der Waals surface area contributed by atoms with Crippen LogP contribution in [-0.4, -0.2) is 0 Å². The first-order valence-corrected chi connectivity index (χ1v) is 44.3. The highest BCUT2D eigenvalue weighted by molar-refractivity contribution is 6.13. The minimum Gasteiger partial charge on any atom is -0.310 e. The van der Waals surface area contributed by atoms with E-state index in [0.29, 0.717) is 0 Å². The molecule has 24 rings (SSSR count). The molecule has 4 nitrogen and oxygen atoms in total. The smallest absolute Gasteiger partial charge is 0.0737 e. The van der Waals surface area contributed by atoms with Crippen molar-refractivity contribution < 1.29 is 0 Å². The van der Waals surface area contributed by atoms with E-state index in [1.807, 2.05) is 0 Å². The van der Waals surface area contributed by atoms with Gasteiger partial charge in [0, 0.05) is 68.2 Å². The standard InChI is InChI=1S/C122H90N4/c1-75-43-63-113(81(7)65-75)123(89-27-11-9-12-28-89)93-51-59-97-85(71-93)47-55-105-107-57-49-87-73-95(53-61-99(87)119(107)121(117(97)105)109-37-19-15-33-101(109)102-34-16-20-38-110(102)121)125(114-64-44-76(2)66-82(114)8)91-31-23-25-83(69-91)84-26-24-32-92(70-84)126(116-68-78(4)42-46-80(116)6)96-54-62-100-88(74-96)50-58-108-106-56-48-86-72-94(124(90-29-13-10-14-30-90)115-67-77(3)41-45-79(115)5)52-60-98(86)118(106)122(120(100)108)111-39-21-17-35-103(111)104-36-18-22-40-112(104)122/h9-74H,1-8H3. The molecular weight excluding hydrogens is 1520 g/mol. The summed E-state index contributed by atoms with van der Waals surface area (Å²) in [5.41, 5.74) is 45.1. The van der Waals surface area contributed by atoms with E-state index in [1.54, 1.807) is 0 Å². The molecule has 598 valence electrons. The molecule has 0 aromatic heterocycles. The van der Waals surface area contributed by atoms with Crippen molar-refractivity contribution in [2.75, 3.05) is 19.6 Å². The summed E-state index contributed by atoms with van der Waals surface area (Å²) in [5.74, 6) is 0. The zero-order valence-electron chi connectivity index (χ0n) is 71.9. The molecule has 0 amide bonds. The van der Waals surface area contributed by atoms with E-state index in [2.05, 4.69) is 475 Å². The van der Waals surface area contributed by atoms with Crippen LogP contribution in [0.5, 0.6) is 0 Å². The van der Waals surface area contributed by atoms with Crippen molar-refractivity contribution >= 4 is 111 Å². The topological polar surface area (TPSA) is 13.0 Å². The number of benzene rings is 20. The summed E-state index contributed by atoms with van der Waals surface area (Å²) in [5, 5.41) is 9.78. The van der Waals surface area contributed by atoms with E-state index in [1.165, 1.54) is 188 Å². The van der Waals surface area contributed by atoms with Gasteiger partial charge in [-0.15, -0.1) is 0 Å². The summed E-state index contributed by atoms with van der Waals surface area (Å²) in [4.78, 5) is 9.85. The first-order valence-electron chi connectivity index (χ1n) is 44.3. The van der Waals surface area contributed by atoms with Crippen LogP contribution >= 0.6 is 0 Å². The van der Waals surface area contributed by atoms with Gasteiger partial charge in [0.25, 0.3) is 0 Å². The summed E-state index contributed by atoms with van der Waals surface area (Å²) in [6.07, 6.45) is 0. The second-order valence-corrected chi connectivity index (χ2v) is 35.5. The molecule has 4 heteroatoms. The molecule has 0 saturated carbocycles. The Labute approximate surface area is 737 Å². The summed E-state index contributed by atoms with van der Waals surface area (Å²) < 4.78 is 0. The Bertz CT molecular complexity index is 7890. The predicted molar refractivity (Wildman–Crippen MR) is 531 cm³/mol. The third-order valence-corrected chi connectivity index (χ3v) is 28.0. The molecule has 20 aromatic carbocycles. The highest BCUT2D eigenvalue weighted by Gasteiger charge is 2.55. The second-order valence-electron chi connectivity index (χ2n) is 35.5. The molecule has 0 saturated heterocycles. The van der Waals surface area contributed by atoms with Crippen LogP contribution in [0.2, 0.25) is 0 Å². The highest BCUT2D eigenvalue weighted by Crippen LogP contribution is 2.68. The Morgan fingerprint density at radius 3 is 0.770 bits per heavy atom. The lowest BCUT2D eigenvalue weighted by atomic mass is 9.68. The maximum Gasteiger partial charge on any atom is 0.0737 e. The van der Waals surface area contributed by atoms with E-state index < -0.39 is 10.8 Å². The van der Waals surface area contributed by atoms with Gasteiger partial charge in [0.2, 0.25) is 0 Å². The molecule has 0 atom stereocenters. The zero-order chi connectivity index (χ0) is 84.5. The van der Waals surface area contributed by atoms with Gasteiger partial charge < -0.3 is 19.6 Å². The van der Waals surface area contributed by atoms with E-state index >= 15 is 0 Å². The number of hydrogen-bond donors (Lipinski definition) is 0. The fourth-order valence-corrected chi connectivity index (χ4v) is 22.7. The van der Waals surface area contributed by atoms with Crippen molar-refractivity contribution in [2.45, 2.75) is 66.2 Å². The van der Waals surface area contributed by atoms with Crippen molar-refractivity contribution in [1.82, 2.24) is 0 Å². The number of fused-ring (bicyclic) bond motifs is 28. The van der Waals surface area contributed by atoms with Crippen LogP contribution in [0.3, 0.4) is 0 Å². The minimum atomic E-state index is -0.630. The van der Waals surface area contributed by atoms with Gasteiger partial charge in [0.1, 0.15) is 0 Å². The number of aryl methyl sites for hydroxylation is 8. The molecule has 0 unspecified atom stereocenters. The SMILES string of the molecule is Cc1ccc(N(c2ccccc2)c2ccc3c4c(ccc3c2)-c2ccc3cc(N(c5cccc(-c6cccc(N(c7ccc8c9c(ccc8c7)-c7ccc8cc(N(c%10ccccc%10)c%10cc(C)ccc%10C)ccc8c7C97c8ccccc8-c8ccccc87)c7cc(C)ccc7C)c6)c5)c5ccc(C)cc5C)ccc3c2C42c3ccccc3-c3ccccc32)c(C)c1. The molecule has 0 fully saturated rings. The third kappa shape index (κ3) is 11.1. The van der Waals surface area contributed by atoms with Gasteiger partial charge in [-0.3, -0.25) is 0 Å². The molecule has 0 bridgehead atoms. The average Bonchev–Trinajstić information content (AvgIpc) is 1.50. The molecule has 20 aromatic rings. The normalized spacial score (nSPS) is 13.0. The number of para-hydroxylation sites is 2. The van der Waals surface area contributed by atoms with Crippen LogP contribution in [0.4, 0.5) is 68.2 Å². The van der Waals surface area contributed by atoms with E-state index in [0.717, 1.165) is 68.0 Å². The molecule has 2 spiro atoms. The Morgan fingerprint density at radius 1 is 0.167 bits per heavy atom. The lowest BCUT2D eigenvalue weighted by molar-refractivity contribution is 0.809. The highest BCUT2D eigenvalue weighted by atomic mass is 15.2. The van der Waals surface area contributed by atoms with Gasteiger partial charge in [-0.1, -0.05) is 290 Å². The van der Waals surface area contributed by atoms with Crippen molar-refractivity contribution in [3.63, 3.8) is 0 Å². The first-order chi connectivity index (χ1) is 61.8. The van der Waals surface area contributed by atoms with Crippen LogP contribution in [0, 0.1) is 55.4 Å². The number of nitrogens with zero attached hydrogens (tertiary/aromatic N) is 4. The Hall–Kier alpha value is -15.4.